The van der Waals surface area contributed by atoms with Crippen LogP contribution in [0.15, 0.2) is 32.9 Å². The van der Waals surface area contributed by atoms with Crippen molar-refractivity contribution in [1.82, 2.24) is 25.3 Å². The van der Waals surface area contributed by atoms with Gasteiger partial charge in [0, 0.05) is 12.7 Å². The number of halogens is 5. The molecule has 2 aromatic heterocycles. The molecule has 1 aliphatic carbocycles. The van der Waals surface area contributed by atoms with E-state index < -0.39 is 64.1 Å². The van der Waals surface area contributed by atoms with Gasteiger partial charge in [0.15, 0.2) is 5.03 Å². The van der Waals surface area contributed by atoms with Crippen LogP contribution >= 0.6 is 11.8 Å². The summed E-state index contributed by atoms with van der Waals surface area (Å²) in [6.07, 6.45) is -3.84. The summed E-state index contributed by atoms with van der Waals surface area (Å²) in [4.78, 5) is 29.5. The Bertz CT molecular complexity index is 1220. The quantitative estimate of drug-likeness (QED) is 0.246. The van der Waals surface area contributed by atoms with Crippen molar-refractivity contribution in [3.63, 3.8) is 0 Å². The summed E-state index contributed by atoms with van der Waals surface area (Å²) < 4.78 is 92.8. The lowest BCUT2D eigenvalue weighted by atomic mass is 9.83. The smallest absolute Gasteiger partial charge is 0.338 e. The highest BCUT2D eigenvalue weighted by Gasteiger charge is 2.33. The van der Waals surface area contributed by atoms with Crippen molar-refractivity contribution in [2.24, 2.45) is 5.92 Å². The van der Waals surface area contributed by atoms with Crippen LogP contribution in [0.5, 0.6) is 0 Å². The Morgan fingerprint density at radius 1 is 1.13 bits per heavy atom. The van der Waals surface area contributed by atoms with Crippen LogP contribution < -0.4 is 15.4 Å². The molecule has 3 N–H and O–H groups in total. The first-order valence-corrected chi connectivity index (χ1v) is 14.2. The Morgan fingerprint density at radius 3 is 2.46 bits per heavy atom. The SMILES string of the molecule is O=C(N[C@H](C(=O)Nc1ccc(S(=O)(=O)NCCC(F)(F)F)cn1)C1CCCCC1)c1nonc1SCC(F)F. The van der Waals surface area contributed by atoms with Crippen molar-refractivity contribution in [3.05, 3.63) is 24.0 Å². The van der Waals surface area contributed by atoms with E-state index in [0.29, 0.717) is 24.6 Å². The second-order valence-electron chi connectivity index (χ2n) is 8.60. The normalized spacial score (nSPS) is 15.7. The molecule has 3 rings (SSSR count). The van der Waals surface area contributed by atoms with E-state index in [0.717, 1.165) is 37.6 Å². The number of alkyl halides is 5. The zero-order chi connectivity index (χ0) is 28.6. The molecule has 1 aliphatic rings. The molecule has 39 heavy (non-hydrogen) atoms. The maximum atomic E-state index is 13.2. The lowest BCUT2D eigenvalue weighted by Gasteiger charge is -2.29. The Labute approximate surface area is 224 Å². The molecule has 2 amide bonds. The number of anilines is 1. The van der Waals surface area contributed by atoms with E-state index in [1.807, 2.05) is 4.72 Å². The molecule has 216 valence electrons. The van der Waals surface area contributed by atoms with Gasteiger partial charge in [-0.2, -0.15) is 13.2 Å². The number of hydrogen-bond donors (Lipinski definition) is 3. The van der Waals surface area contributed by atoms with Crippen LogP contribution in [0.3, 0.4) is 0 Å². The minimum Gasteiger partial charge on any atom is -0.338 e. The topological polar surface area (TPSA) is 156 Å². The third kappa shape index (κ3) is 9.38. The largest absolute Gasteiger partial charge is 0.390 e. The summed E-state index contributed by atoms with van der Waals surface area (Å²) >= 11 is 0.574. The minimum absolute atomic E-state index is 0.0689. The van der Waals surface area contributed by atoms with Gasteiger partial charge in [0.1, 0.15) is 16.8 Å². The maximum Gasteiger partial charge on any atom is 0.390 e. The van der Waals surface area contributed by atoms with Crippen LogP contribution in [0.25, 0.3) is 0 Å². The lowest BCUT2D eigenvalue weighted by molar-refractivity contribution is -0.132. The van der Waals surface area contributed by atoms with Crippen molar-refractivity contribution in [2.75, 3.05) is 17.6 Å². The van der Waals surface area contributed by atoms with Gasteiger partial charge in [-0.3, -0.25) is 9.59 Å². The summed E-state index contributed by atoms with van der Waals surface area (Å²) in [5.74, 6) is -2.49. The van der Waals surface area contributed by atoms with Gasteiger partial charge in [0.05, 0.1) is 12.2 Å². The average Bonchev–Trinajstić information content (AvgIpc) is 3.34. The lowest BCUT2D eigenvalue weighted by Crippen LogP contribution is -2.49. The molecule has 11 nitrogen and oxygen atoms in total. The van der Waals surface area contributed by atoms with Crippen molar-refractivity contribution in [1.29, 1.82) is 0 Å². The number of thioether (sulfide) groups is 1. The van der Waals surface area contributed by atoms with Gasteiger partial charge in [-0.05, 0) is 41.2 Å². The van der Waals surface area contributed by atoms with Crippen molar-refractivity contribution in [2.45, 2.75) is 67.1 Å². The van der Waals surface area contributed by atoms with Crippen LogP contribution in [-0.2, 0) is 14.8 Å². The van der Waals surface area contributed by atoms with E-state index in [9.17, 15) is 40.0 Å². The Balaban J connectivity index is 1.69. The number of hydrogen-bond acceptors (Lipinski definition) is 9. The third-order valence-electron chi connectivity index (χ3n) is 5.71. The highest BCUT2D eigenvalue weighted by molar-refractivity contribution is 7.99. The summed E-state index contributed by atoms with van der Waals surface area (Å²) in [5.41, 5.74) is -0.347. The molecule has 18 heteroatoms. The first-order chi connectivity index (χ1) is 18.4. The van der Waals surface area contributed by atoms with Crippen molar-refractivity contribution in [3.8, 4) is 0 Å². The molecule has 0 bridgehead atoms. The molecule has 0 saturated heterocycles. The van der Waals surface area contributed by atoms with Gasteiger partial charge in [-0.25, -0.2) is 31.5 Å². The number of rotatable bonds is 12. The maximum absolute atomic E-state index is 13.2. The van der Waals surface area contributed by atoms with Crippen LogP contribution in [-0.4, -0.2) is 66.5 Å². The average molecular weight is 601 g/mol. The van der Waals surface area contributed by atoms with E-state index >= 15 is 0 Å². The fourth-order valence-electron chi connectivity index (χ4n) is 3.86. The minimum atomic E-state index is -4.53. The molecular weight excluding hydrogens is 575 g/mol. The van der Waals surface area contributed by atoms with Gasteiger partial charge in [0.2, 0.25) is 28.0 Å². The highest BCUT2D eigenvalue weighted by Crippen LogP contribution is 2.28. The Morgan fingerprint density at radius 2 is 1.85 bits per heavy atom. The van der Waals surface area contributed by atoms with Crippen LogP contribution in [0, 0.1) is 5.92 Å². The van der Waals surface area contributed by atoms with Gasteiger partial charge >= 0.3 is 6.18 Å². The van der Waals surface area contributed by atoms with Gasteiger partial charge < -0.3 is 10.6 Å². The fraction of sp³-hybridized carbons (Fsp3) is 0.571. The van der Waals surface area contributed by atoms with E-state index in [1.54, 1.807) is 0 Å². The molecule has 2 aromatic rings. The summed E-state index contributed by atoms with van der Waals surface area (Å²) in [5, 5.41) is 11.8. The Kier molecular flexibility index (Phi) is 10.6. The van der Waals surface area contributed by atoms with E-state index in [2.05, 4.69) is 30.6 Å². The van der Waals surface area contributed by atoms with Crippen molar-refractivity contribution >= 4 is 39.4 Å². The first-order valence-electron chi connectivity index (χ1n) is 11.7. The molecule has 1 fully saturated rings. The summed E-state index contributed by atoms with van der Waals surface area (Å²) in [6, 6.07) is 1.13. The molecule has 0 aromatic carbocycles. The predicted molar refractivity (Wildman–Crippen MR) is 128 cm³/mol. The summed E-state index contributed by atoms with van der Waals surface area (Å²) in [6.45, 7) is -0.851. The van der Waals surface area contributed by atoms with Crippen molar-refractivity contribution < 1.29 is 44.6 Å². The second kappa shape index (κ2) is 13.5. The number of aromatic nitrogens is 3. The molecule has 2 heterocycles. The van der Waals surface area contributed by atoms with Crippen LogP contribution in [0.1, 0.15) is 49.0 Å². The number of amides is 2. The molecule has 0 unspecified atom stereocenters. The monoisotopic (exact) mass is 600 g/mol. The zero-order valence-electron chi connectivity index (χ0n) is 20.2. The zero-order valence-corrected chi connectivity index (χ0v) is 21.8. The number of carbonyl (C=O) groups excluding carboxylic acids is 2. The fourth-order valence-corrected chi connectivity index (χ4v) is 5.47. The molecule has 0 aliphatic heterocycles. The third-order valence-corrected chi connectivity index (χ3v) is 8.11. The summed E-state index contributed by atoms with van der Waals surface area (Å²) in [7, 11) is -4.27. The van der Waals surface area contributed by atoms with Crippen LogP contribution in [0.2, 0.25) is 0 Å². The molecule has 1 saturated carbocycles. The second-order valence-corrected chi connectivity index (χ2v) is 11.4. The molecule has 0 spiro atoms. The number of pyridine rings is 1. The highest BCUT2D eigenvalue weighted by atomic mass is 32.2. The van der Waals surface area contributed by atoms with E-state index in [4.69, 9.17) is 0 Å². The molecule has 0 radical (unpaired) electrons. The number of carbonyl (C=O) groups is 2. The number of sulfonamides is 1. The van der Waals surface area contributed by atoms with Gasteiger partial charge in [-0.15, -0.1) is 0 Å². The number of nitrogens with one attached hydrogen (secondary N) is 3. The first kappa shape index (κ1) is 30.7. The molecular formula is C21H25F5N6O5S2. The standard InChI is InChI=1S/C21H25F5N6O5S2/c22-14(23)11-38-20-17(31-37-32-20)19(34)30-16(12-4-2-1-3-5-12)18(33)29-15-7-6-13(10-27-15)39(35,36)28-9-8-21(24,25)26/h6-7,10,12,14,16,28H,1-5,8-9,11H2,(H,30,34)(H,27,29,33)/t16-/m0/s1. The van der Waals surface area contributed by atoms with Crippen LogP contribution in [0.4, 0.5) is 27.8 Å². The van der Waals surface area contributed by atoms with Gasteiger partial charge in [-0.1, -0.05) is 31.0 Å². The number of nitrogens with zero attached hydrogens (tertiary/aromatic N) is 3. The van der Waals surface area contributed by atoms with E-state index in [-0.39, 0.29) is 22.5 Å². The predicted octanol–water partition coefficient (Wildman–Crippen LogP) is 3.37. The molecule has 1 atom stereocenters. The van der Waals surface area contributed by atoms with E-state index in [1.165, 1.54) is 0 Å². The van der Waals surface area contributed by atoms with Gasteiger partial charge in [0.25, 0.3) is 5.91 Å². The Hall–Kier alpha value is -2.86.